The summed E-state index contributed by atoms with van der Waals surface area (Å²) in [6.07, 6.45) is 5.76. The molecule has 32 heavy (non-hydrogen) atoms. The second kappa shape index (κ2) is 14.0. The van der Waals surface area contributed by atoms with Gasteiger partial charge in [0.1, 0.15) is 0 Å². The molecule has 1 fully saturated rings. The van der Waals surface area contributed by atoms with Crippen LogP contribution in [0.2, 0.25) is 0 Å². The molecule has 1 aromatic carbocycles. The van der Waals surface area contributed by atoms with Crippen LogP contribution in [0.4, 0.5) is 0 Å². The average Bonchev–Trinajstić information content (AvgIpc) is 2.77. The van der Waals surface area contributed by atoms with Gasteiger partial charge < -0.3 is 25.1 Å². The molecule has 0 aliphatic carbocycles. The van der Waals surface area contributed by atoms with Crippen LogP contribution in [0.1, 0.15) is 58.4 Å². The van der Waals surface area contributed by atoms with E-state index >= 15 is 0 Å². The summed E-state index contributed by atoms with van der Waals surface area (Å²) in [6.45, 7) is 9.74. The highest BCUT2D eigenvalue weighted by Crippen LogP contribution is 2.31. The molecule has 0 saturated carbocycles. The van der Waals surface area contributed by atoms with Crippen LogP contribution in [0.25, 0.3) is 0 Å². The van der Waals surface area contributed by atoms with E-state index < -0.39 is 6.10 Å². The third-order valence-corrected chi connectivity index (χ3v) is 6.85. The van der Waals surface area contributed by atoms with Crippen LogP contribution in [0.15, 0.2) is 18.2 Å². The Morgan fingerprint density at radius 2 is 1.94 bits per heavy atom. The summed E-state index contributed by atoms with van der Waals surface area (Å²) in [6, 6.07) is 6.48. The zero-order valence-corrected chi connectivity index (χ0v) is 20.9. The van der Waals surface area contributed by atoms with Crippen molar-refractivity contribution >= 4 is 0 Å². The molecule has 1 heterocycles. The first kappa shape index (κ1) is 26.9. The maximum Gasteiger partial charge on any atom is 0.161 e. The largest absolute Gasteiger partial charge is 0.493 e. The lowest BCUT2D eigenvalue weighted by atomic mass is 9.83. The van der Waals surface area contributed by atoms with Crippen LogP contribution < -0.4 is 15.2 Å². The van der Waals surface area contributed by atoms with Crippen molar-refractivity contribution in [3.8, 4) is 11.5 Å². The Balaban J connectivity index is 1.97. The zero-order chi connectivity index (χ0) is 23.5. The highest BCUT2D eigenvalue weighted by Gasteiger charge is 2.27. The lowest BCUT2D eigenvalue weighted by molar-refractivity contribution is 0.0516. The first-order valence-corrected chi connectivity index (χ1v) is 12.3. The molecule has 1 saturated heterocycles. The number of hydrogen-bond acceptors (Lipinski definition) is 6. The molecule has 0 amide bonds. The van der Waals surface area contributed by atoms with E-state index in [9.17, 15) is 5.11 Å². The molecule has 6 nitrogen and oxygen atoms in total. The Bertz CT molecular complexity index is 655. The number of nitrogens with two attached hydrogens (primary N) is 1. The van der Waals surface area contributed by atoms with Crippen molar-refractivity contribution in [1.29, 1.82) is 0 Å². The van der Waals surface area contributed by atoms with E-state index in [2.05, 4.69) is 37.8 Å². The molecule has 0 radical (unpaired) electrons. The van der Waals surface area contributed by atoms with Crippen molar-refractivity contribution < 1.29 is 19.3 Å². The number of rotatable bonds is 14. The quantitative estimate of drug-likeness (QED) is 0.419. The number of piperidine rings is 1. The van der Waals surface area contributed by atoms with Crippen LogP contribution in [-0.2, 0) is 11.2 Å². The maximum absolute atomic E-state index is 10.8. The number of hydrogen-bond donors (Lipinski definition) is 2. The molecule has 0 aromatic heterocycles. The molecule has 2 rings (SSSR count). The van der Waals surface area contributed by atoms with E-state index in [1.807, 2.05) is 6.07 Å². The lowest BCUT2D eigenvalue weighted by Gasteiger charge is -2.36. The second-order valence-electron chi connectivity index (χ2n) is 9.69. The summed E-state index contributed by atoms with van der Waals surface area (Å²) in [4.78, 5) is 2.40. The van der Waals surface area contributed by atoms with Crippen molar-refractivity contribution in [3.05, 3.63) is 23.8 Å². The Kier molecular flexibility index (Phi) is 11.8. The van der Waals surface area contributed by atoms with E-state index in [1.54, 1.807) is 14.2 Å². The Hall–Kier alpha value is -1.34. The van der Waals surface area contributed by atoms with E-state index in [0.29, 0.717) is 37.6 Å². The molecule has 0 unspecified atom stereocenters. The predicted octanol–water partition coefficient (Wildman–Crippen LogP) is 3.88. The SMILES string of the molecule is COCCCOc1cc(C[C@@H](C[C@H](N)[C@@H](O)CN2CCCC[C@H]2C)C(C)C)ccc1OC. The van der Waals surface area contributed by atoms with Gasteiger partial charge in [-0.2, -0.15) is 0 Å². The van der Waals surface area contributed by atoms with Crippen LogP contribution in [-0.4, -0.2) is 68.7 Å². The molecular formula is C26H46N2O4. The van der Waals surface area contributed by atoms with Crippen LogP contribution in [0.3, 0.4) is 0 Å². The molecule has 1 aliphatic heterocycles. The molecule has 0 bridgehead atoms. The first-order chi connectivity index (χ1) is 15.3. The molecule has 1 aromatic rings. The fourth-order valence-corrected chi connectivity index (χ4v) is 4.55. The van der Waals surface area contributed by atoms with Crippen LogP contribution >= 0.6 is 0 Å². The topological polar surface area (TPSA) is 77.2 Å². The molecule has 6 heteroatoms. The standard InChI is InChI=1S/C26H46N2O4/c1-19(2)22(17-23(27)24(29)18-28-12-7-6-9-20(28)3)15-21-10-11-25(31-5)26(16-21)32-14-8-13-30-4/h10-11,16,19-20,22-24,29H,6-9,12-15,17-18,27H2,1-5H3/t20-,22+,23+,24+/m1/s1. The highest BCUT2D eigenvalue weighted by molar-refractivity contribution is 5.43. The molecule has 4 atom stereocenters. The molecule has 1 aliphatic rings. The van der Waals surface area contributed by atoms with Crippen molar-refractivity contribution in [3.63, 3.8) is 0 Å². The molecule has 184 valence electrons. The lowest BCUT2D eigenvalue weighted by Crippen LogP contribution is -2.48. The van der Waals surface area contributed by atoms with Crippen LogP contribution in [0, 0.1) is 11.8 Å². The Morgan fingerprint density at radius 3 is 2.59 bits per heavy atom. The normalized spacial score (nSPS) is 20.2. The zero-order valence-electron chi connectivity index (χ0n) is 20.9. The van der Waals surface area contributed by atoms with Gasteiger partial charge in [0.25, 0.3) is 0 Å². The van der Waals surface area contributed by atoms with Gasteiger partial charge in [-0.3, -0.25) is 4.90 Å². The third-order valence-electron chi connectivity index (χ3n) is 6.85. The second-order valence-corrected chi connectivity index (χ2v) is 9.69. The van der Waals surface area contributed by atoms with Gasteiger partial charge in [-0.15, -0.1) is 0 Å². The fourth-order valence-electron chi connectivity index (χ4n) is 4.55. The van der Waals surface area contributed by atoms with Crippen molar-refractivity contribution in [2.45, 2.75) is 77.5 Å². The number of aliphatic hydroxyl groups excluding tert-OH is 1. The number of likely N-dealkylation sites (tertiary alicyclic amines) is 1. The van der Waals surface area contributed by atoms with E-state index in [1.165, 1.54) is 24.8 Å². The van der Waals surface area contributed by atoms with Gasteiger partial charge in [0.15, 0.2) is 11.5 Å². The van der Waals surface area contributed by atoms with Gasteiger partial charge in [0, 0.05) is 38.8 Å². The fraction of sp³-hybridized carbons (Fsp3) is 0.769. The first-order valence-electron chi connectivity index (χ1n) is 12.3. The van der Waals surface area contributed by atoms with Crippen molar-refractivity contribution in [1.82, 2.24) is 4.90 Å². The van der Waals surface area contributed by atoms with Gasteiger partial charge in [-0.05, 0) is 68.7 Å². The van der Waals surface area contributed by atoms with E-state index in [-0.39, 0.29) is 6.04 Å². The summed E-state index contributed by atoms with van der Waals surface area (Å²) in [5.41, 5.74) is 7.71. The van der Waals surface area contributed by atoms with E-state index in [4.69, 9.17) is 19.9 Å². The van der Waals surface area contributed by atoms with Gasteiger partial charge in [-0.1, -0.05) is 26.3 Å². The van der Waals surface area contributed by atoms with Crippen molar-refractivity contribution in [2.24, 2.45) is 17.6 Å². The summed E-state index contributed by atoms with van der Waals surface area (Å²) in [5, 5.41) is 10.8. The Labute approximate surface area is 195 Å². The summed E-state index contributed by atoms with van der Waals surface area (Å²) >= 11 is 0. The van der Waals surface area contributed by atoms with Gasteiger partial charge >= 0.3 is 0 Å². The number of benzene rings is 1. The Morgan fingerprint density at radius 1 is 1.16 bits per heavy atom. The monoisotopic (exact) mass is 450 g/mol. The van der Waals surface area contributed by atoms with Gasteiger partial charge in [-0.25, -0.2) is 0 Å². The number of methoxy groups -OCH3 is 2. The summed E-state index contributed by atoms with van der Waals surface area (Å²) in [7, 11) is 3.36. The summed E-state index contributed by atoms with van der Waals surface area (Å²) in [5.74, 6) is 2.37. The van der Waals surface area contributed by atoms with Crippen LogP contribution in [0.5, 0.6) is 11.5 Å². The summed E-state index contributed by atoms with van der Waals surface area (Å²) < 4.78 is 16.5. The highest BCUT2D eigenvalue weighted by atomic mass is 16.5. The minimum absolute atomic E-state index is 0.223. The maximum atomic E-state index is 10.8. The number of aliphatic hydroxyl groups is 1. The molecule has 3 N–H and O–H groups in total. The average molecular weight is 451 g/mol. The third kappa shape index (κ3) is 8.54. The van der Waals surface area contributed by atoms with E-state index in [0.717, 1.165) is 37.3 Å². The van der Waals surface area contributed by atoms with Gasteiger partial charge in [0.2, 0.25) is 0 Å². The minimum atomic E-state index is -0.493. The number of ether oxygens (including phenoxy) is 3. The number of β-amino-alcohol motifs (C(OH)–C–C–N with tert-alkyl or cyclic N) is 1. The van der Waals surface area contributed by atoms with Gasteiger partial charge in [0.05, 0.1) is 19.8 Å². The predicted molar refractivity (Wildman–Crippen MR) is 130 cm³/mol. The number of nitrogens with zero attached hydrogens (tertiary/aromatic N) is 1. The smallest absolute Gasteiger partial charge is 0.161 e. The van der Waals surface area contributed by atoms with Crippen molar-refractivity contribution in [2.75, 3.05) is 40.5 Å². The molecular weight excluding hydrogens is 404 g/mol. The minimum Gasteiger partial charge on any atom is -0.493 e. The molecule has 0 spiro atoms.